The van der Waals surface area contributed by atoms with Crippen LogP contribution in [0.3, 0.4) is 0 Å². The number of hydrogen-bond donors (Lipinski definition) is 0. The maximum absolute atomic E-state index is 3.38. The summed E-state index contributed by atoms with van der Waals surface area (Å²) in [6.07, 6.45) is 6.08. The van der Waals surface area contributed by atoms with Gasteiger partial charge in [-0.3, -0.25) is 0 Å². The SMILES string of the molecule is C1=C=C(C(c2ccccc2)(c2ccccc2)c2ccccc2)C=CC=1. The van der Waals surface area contributed by atoms with Crippen LogP contribution in [0.25, 0.3) is 0 Å². The molecule has 3 aromatic rings. The highest BCUT2D eigenvalue weighted by Gasteiger charge is 2.39. The van der Waals surface area contributed by atoms with Gasteiger partial charge in [-0.15, -0.1) is 0 Å². The second-order valence-corrected chi connectivity index (χ2v) is 6.06. The monoisotopic (exact) mass is 318 g/mol. The number of rotatable bonds is 4. The largest absolute Gasteiger partial charge is 0.0780 e. The normalized spacial score (nSPS) is 12.9. The zero-order chi connectivity index (χ0) is 17.0. The van der Waals surface area contributed by atoms with Crippen LogP contribution in [0.15, 0.2) is 126 Å². The molecular weight excluding hydrogens is 300 g/mol. The molecule has 0 spiro atoms. The Kier molecular flexibility index (Phi) is 4.07. The molecule has 1 aliphatic carbocycles. The summed E-state index contributed by atoms with van der Waals surface area (Å²) in [4.78, 5) is 0. The first kappa shape index (κ1) is 15.2. The number of benzene rings is 3. The molecule has 0 aromatic heterocycles. The Labute approximate surface area is 148 Å². The minimum Gasteiger partial charge on any atom is -0.0699 e. The van der Waals surface area contributed by atoms with Crippen molar-refractivity contribution in [3.8, 4) is 0 Å². The van der Waals surface area contributed by atoms with E-state index in [9.17, 15) is 0 Å². The molecule has 0 saturated heterocycles. The number of allylic oxidation sites excluding steroid dienone is 4. The van der Waals surface area contributed by atoms with Crippen molar-refractivity contribution >= 4 is 0 Å². The van der Waals surface area contributed by atoms with E-state index in [1.54, 1.807) is 0 Å². The van der Waals surface area contributed by atoms with Crippen LogP contribution in [-0.2, 0) is 5.41 Å². The summed E-state index contributed by atoms with van der Waals surface area (Å²) in [6, 6.07) is 32.0. The Balaban J connectivity index is 2.15. The van der Waals surface area contributed by atoms with Gasteiger partial charge in [0.2, 0.25) is 0 Å². The quantitative estimate of drug-likeness (QED) is 0.419. The first-order valence-electron chi connectivity index (χ1n) is 8.48. The van der Waals surface area contributed by atoms with E-state index in [-0.39, 0.29) is 0 Å². The van der Waals surface area contributed by atoms with Gasteiger partial charge in [-0.25, -0.2) is 0 Å². The van der Waals surface area contributed by atoms with Gasteiger partial charge in [0.1, 0.15) is 0 Å². The maximum atomic E-state index is 3.38. The van der Waals surface area contributed by atoms with E-state index in [0.29, 0.717) is 0 Å². The molecule has 25 heavy (non-hydrogen) atoms. The van der Waals surface area contributed by atoms with Gasteiger partial charge in [-0.2, -0.15) is 0 Å². The van der Waals surface area contributed by atoms with E-state index in [2.05, 4.69) is 109 Å². The van der Waals surface area contributed by atoms with Crippen molar-refractivity contribution in [2.75, 3.05) is 0 Å². The van der Waals surface area contributed by atoms with Crippen LogP contribution < -0.4 is 0 Å². The zero-order valence-electron chi connectivity index (χ0n) is 13.9. The van der Waals surface area contributed by atoms with Crippen molar-refractivity contribution in [2.24, 2.45) is 0 Å². The molecule has 0 N–H and O–H groups in total. The molecule has 0 heteroatoms. The summed E-state index contributed by atoms with van der Waals surface area (Å²) in [5.41, 5.74) is 10.9. The highest BCUT2D eigenvalue weighted by atomic mass is 14.4. The summed E-state index contributed by atoms with van der Waals surface area (Å²) >= 11 is 0. The lowest BCUT2D eigenvalue weighted by Crippen LogP contribution is -2.31. The molecule has 0 aliphatic heterocycles. The number of hydrogen-bond acceptors (Lipinski definition) is 0. The third-order valence-corrected chi connectivity index (χ3v) is 4.67. The fourth-order valence-electron chi connectivity index (χ4n) is 3.60. The van der Waals surface area contributed by atoms with Crippen molar-refractivity contribution < 1.29 is 0 Å². The summed E-state index contributed by atoms with van der Waals surface area (Å²) in [5, 5.41) is 0. The molecule has 0 saturated carbocycles. The topological polar surface area (TPSA) is 0 Å². The van der Waals surface area contributed by atoms with Crippen molar-refractivity contribution in [3.05, 3.63) is 143 Å². The zero-order valence-corrected chi connectivity index (χ0v) is 13.9. The third kappa shape index (κ3) is 2.61. The van der Waals surface area contributed by atoms with Crippen LogP contribution >= 0.6 is 0 Å². The maximum Gasteiger partial charge on any atom is 0.0780 e. The summed E-state index contributed by atoms with van der Waals surface area (Å²) in [6.45, 7) is 0. The van der Waals surface area contributed by atoms with Crippen LogP contribution in [0.2, 0.25) is 0 Å². The van der Waals surface area contributed by atoms with Gasteiger partial charge in [-0.05, 0) is 28.8 Å². The second-order valence-electron chi connectivity index (χ2n) is 6.06. The lowest BCUT2D eigenvalue weighted by molar-refractivity contribution is 0.745. The Bertz CT molecular complexity index is 883. The first-order chi connectivity index (χ1) is 12.4. The third-order valence-electron chi connectivity index (χ3n) is 4.67. The molecule has 0 bridgehead atoms. The molecule has 118 valence electrons. The fraction of sp³-hybridized carbons (Fsp3) is 0.0400. The van der Waals surface area contributed by atoms with Gasteiger partial charge >= 0.3 is 0 Å². The molecule has 1 aliphatic rings. The Morgan fingerprint density at radius 3 is 1.36 bits per heavy atom. The minimum atomic E-state index is -0.415. The van der Waals surface area contributed by atoms with E-state index >= 15 is 0 Å². The Morgan fingerprint density at radius 1 is 0.560 bits per heavy atom. The molecule has 0 fully saturated rings. The fourth-order valence-corrected chi connectivity index (χ4v) is 3.60. The van der Waals surface area contributed by atoms with Crippen LogP contribution in [0, 0.1) is 0 Å². The van der Waals surface area contributed by atoms with Crippen molar-refractivity contribution in [1.29, 1.82) is 0 Å². The highest BCUT2D eigenvalue weighted by molar-refractivity contribution is 5.61. The summed E-state index contributed by atoms with van der Waals surface area (Å²) in [7, 11) is 0. The van der Waals surface area contributed by atoms with Crippen LogP contribution in [0.4, 0.5) is 0 Å². The van der Waals surface area contributed by atoms with Gasteiger partial charge < -0.3 is 0 Å². The molecule has 0 atom stereocenters. The summed E-state index contributed by atoms with van der Waals surface area (Å²) in [5.74, 6) is 0. The van der Waals surface area contributed by atoms with E-state index in [4.69, 9.17) is 0 Å². The standard InChI is InChI=1S/C25H18/c1-5-13-21(14-6-1)25(22-15-7-2-8-16-22,23-17-9-3-10-18-23)24-19-11-4-12-20-24/h1-11,13-19H. The molecule has 0 nitrogen and oxygen atoms in total. The Morgan fingerprint density at radius 2 is 1.00 bits per heavy atom. The lowest BCUT2D eigenvalue weighted by atomic mass is 9.64. The van der Waals surface area contributed by atoms with E-state index in [1.807, 2.05) is 12.2 Å². The molecule has 3 aromatic carbocycles. The molecule has 4 rings (SSSR count). The average molecular weight is 318 g/mol. The smallest absolute Gasteiger partial charge is 0.0699 e. The van der Waals surface area contributed by atoms with Crippen LogP contribution in [0.1, 0.15) is 16.7 Å². The predicted molar refractivity (Wildman–Crippen MR) is 103 cm³/mol. The second kappa shape index (κ2) is 6.67. The Hall–Kier alpha value is -3.30. The van der Waals surface area contributed by atoms with E-state index in [1.165, 1.54) is 16.7 Å². The van der Waals surface area contributed by atoms with Crippen LogP contribution in [0.5, 0.6) is 0 Å². The van der Waals surface area contributed by atoms with Crippen molar-refractivity contribution in [3.63, 3.8) is 0 Å². The predicted octanol–water partition coefficient (Wildman–Crippen LogP) is 5.83. The van der Waals surface area contributed by atoms with Gasteiger partial charge in [0.15, 0.2) is 0 Å². The van der Waals surface area contributed by atoms with Gasteiger partial charge in [0.05, 0.1) is 5.41 Å². The van der Waals surface area contributed by atoms with Crippen molar-refractivity contribution in [1.82, 2.24) is 0 Å². The van der Waals surface area contributed by atoms with E-state index < -0.39 is 5.41 Å². The van der Waals surface area contributed by atoms with Gasteiger partial charge in [0.25, 0.3) is 0 Å². The minimum absolute atomic E-state index is 0.415. The lowest BCUT2D eigenvalue weighted by Gasteiger charge is -2.36. The van der Waals surface area contributed by atoms with Gasteiger partial charge in [-0.1, -0.05) is 109 Å². The van der Waals surface area contributed by atoms with Gasteiger partial charge in [0, 0.05) is 5.57 Å². The van der Waals surface area contributed by atoms with Crippen LogP contribution in [-0.4, -0.2) is 0 Å². The molecular formula is C25H18. The molecule has 0 radical (unpaired) electrons. The first-order valence-corrected chi connectivity index (χ1v) is 8.48. The molecule has 0 amide bonds. The summed E-state index contributed by atoms with van der Waals surface area (Å²) < 4.78 is 0. The highest BCUT2D eigenvalue weighted by Crippen LogP contribution is 2.45. The molecule has 0 unspecified atom stereocenters. The van der Waals surface area contributed by atoms with Crippen molar-refractivity contribution in [2.45, 2.75) is 5.41 Å². The average Bonchev–Trinajstić information content (AvgIpc) is 2.72. The molecule has 0 heterocycles. The van der Waals surface area contributed by atoms with E-state index in [0.717, 1.165) is 5.57 Å².